The summed E-state index contributed by atoms with van der Waals surface area (Å²) in [5, 5.41) is 0. The van der Waals surface area contributed by atoms with Crippen molar-refractivity contribution >= 4 is 39.7 Å². The van der Waals surface area contributed by atoms with Crippen molar-refractivity contribution in [1.82, 2.24) is 0 Å². The second-order valence-electron chi connectivity index (χ2n) is 6.20. The Morgan fingerprint density at radius 2 is 1.25 bits per heavy atom. The molecule has 5 heteroatoms. The van der Waals surface area contributed by atoms with Gasteiger partial charge in [0.2, 0.25) is 0 Å². The van der Waals surface area contributed by atoms with E-state index in [0.29, 0.717) is 0 Å². The number of benzene rings is 1. The molecule has 0 aliphatic heterocycles. The normalized spacial score (nSPS) is 11.2. The van der Waals surface area contributed by atoms with Crippen LogP contribution in [0.3, 0.4) is 0 Å². The second kappa shape index (κ2) is 14.3. The SMILES string of the molecule is CCCCCCCCCCCCc1ccc(S(=O)(=O)OC)cc1.[NaH]. The van der Waals surface area contributed by atoms with Crippen LogP contribution < -0.4 is 0 Å². The third-order valence-electron chi connectivity index (χ3n) is 4.25. The Kier molecular flexibility index (Phi) is 14.4. The van der Waals surface area contributed by atoms with E-state index in [2.05, 4.69) is 11.1 Å². The molecule has 0 atom stereocenters. The van der Waals surface area contributed by atoms with Crippen LogP contribution in [0.5, 0.6) is 0 Å². The Morgan fingerprint density at radius 1 is 0.792 bits per heavy atom. The van der Waals surface area contributed by atoms with Crippen molar-refractivity contribution in [3.05, 3.63) is 29.8 Å². The van der Waals surface area contributed by atoms with Crippen LogP contribution in [-0.4, -0.2) is 45.1 Å². The van der Waals surface area contributed by atoms with Crippen molar-refractivity contribution in [3.8, 4) is 0 Å². The fourth-order valence-electron chi connectivity index (χ4n) is 2.74. The van der Waals surface area contributed by atoms with Gasteiger partial charge in [-0.2, -0.15) is 8.42 Å². The van der Waals surface area contributed by atoms with E-state index in [9.17, 15) is 8.42 Å². The van der Waals surface area contributed by atoms with Crippen molar-refractivity contribution in [2.75, 3.05) is 7.11 Å². The Bertz CT molecular complexity index is 512. The van der Waals surface area contributed by atoms with Crippen molar-refractivity contribution in [1.29, 1.82) is 0 Å². The Morgan fingerprint density at radius 3 is 1.71 bits per heavy atom. The van der Waals surface area contributed by atoms with Gasteiger partial charge in [0.1, 0.15) is 0 Å². The first-order valence-corrected chi connectivity index (χ1v) is 10.4. The maximum atomic E-state index is 11.5. The fourth-order valence-corrected chi connectivity index (χ4v) is 3.40. The van der Waals surface area contributed by atoms with Gasteiger partial charge in [-0.05, 0) is 30.5 Å². The molecule has 0 unspecified atom stereocenters. The zero-order valence-electron chi connectivity index (χ0n) is 14.7. The zero-order chi connectivity index (χ0) is 17.0. The monoisotopic (exact) mass is 364 g/mol. The van der Waals surface area contributed by atoms with Gasteiger partial charge in [-0.1, -0.05) is 76.8 Å². The van der Waals surface area contributed by atoms with E-state index in [1.807, 2.05) is 12.1 Å². The first-order valence-electron chi connectivity index (χ1n) is 8.99. The quantitative estimate of drug-likeness (QED) is 0.286. The van der Waals surface area contributed by atoms with Crippen LogP contribution in [0.2, 0.25) is 0 Å². The Hall–Kier alpha value is 0.130. The zero-order valence-corrected chi connectivity index (χ0v) is 15.5. The molecular weight excluding hydrogens is 331 g/mol. The molecule has 0 radical (unpaired) electrons. The van der Waals surface area contributed by atoms with Crippen molar-refractivity contribution in [2.24, 2.45) is 0 Å². The summed E-state index contributed by atoms with van der Waals surface area (Å²) < 4.78 is 27.6. The van der Waals surface area contributed by atoms with Crippen LogP contribution in [0.4, 0.5) is 0 Å². The minimum absolute atomic E-state index is 0. The fraction of sp³-hybridized carbons (Fsp3) is 0.684. The van der Waals surface area contributed by atoms with Crippen LogP contribution >= 0.6 is 0 Å². The number of rotatable bonds is 13. The van der Waals surface area contributed by atoms with Crippen LogP contribution in [0.15, 0.2) is 29.2 Å². The van der Waals surface area contributed by atoms with Gasteiger partial charge in [0.25, 0.3) is 10.1 Å². The first-order chi connectivity index (χ1) is 11.1. The number of hydrogen-bond acceptors (Lipinski definition) is 3. The van der Waals surface area contributed by atoms with Gasteiger partial charge in [0, 0.05) is 0 Å². The van der Waals surface area contributed by atoms with Crippen LogP contribution in [-0.2, 0) is 20.7 Å². The van der Waals surface area contributed by atoms with Crippen molar-refractivity contribution < 1.29 is 12.6 Å². The van der Waals surface area contributed by atoms with Crippen LogP contribution in [0.1, 0.15) is 76.7 Å². The van der Waals surface area contributed by atoms with Crippen LogP contribution in [0, 0.1) is 0 Å². The summed E-state index contributed by atoms with van der Waals surface area (Å²) >= 11 is 0. The molecule has 0 amide bonds. The average Bonchev–Trinajstić information content (AvgIpc) is 2.57. The summed E-state index contributed by atoms with van der Waals surface area (Å²) in [5.74, 6) is 0. The van der Waals surface area contributed by atoms with Gasteiger partial charge >= 0.3 is 29.6 Å². The topological polar surface area (TPSA) is 43.4 Å². The predicted molar refractivity (Wildman–Crippen MR) is 103 cm³/mol. The van der Waals surface area contributed by atoms with E-state index in [1.54, 1.807) is 12.1 Å². The van der Waals surface area contributed by atoms with E-state index in [4.69, 9.17) is 0 Å². The predicted octanol–water partition coefficient (Wildman–Crippen LogP) is 4.84. The van der Waals surface area contributed by atoms with Gasteiger partial charge in [0.05, 0.1) is 12.0 Å². The molecule has 0 spiro atoms. The first kappa shape index (κ1) is 24.1. The Balaban J connectivity index is 0.00000529. The third kappa shape index (κ3) is 10.2. The van der Waals surface area contributed by atoms with E-state index < -0.39 is 10.1 Å². The molecule has 0 saturated carbocycles. The maximum absolute atomic E-state index is 11.5. The van der Waals surface area contributed by atoms with E-state index in [0.717, 1.165) is 6.42 Å². The molecule has 0 N–H and O–H groups in total. The number of unbranched alkanes of at least 4 members (excludes halogenated alkanes) is 9. The van der Waals surface area contributed by atoms with Crippen molar-refractivity contribution in [3.63, 3.8) is 0 Å². The third-order valence-corrected chi connectivity index (χ3v) is 5.54. The molecule has 1 aromatic rings. The molecule has 0 aliphatic carbocycles. The molecule has 0 saturated heterocycles. The second-order valence-corrected chi connectivity index (χ2v) is 7.91. The molecule has 1 aromatic carbocycles. The summed E-state index contributed by atoms with van der Waals surface area (Å²) in [7, 11) is -2.37. The van der Waals surface area contributed by atoms with Crippen molar-refractivity contribution in [2.45, 2.75) is 82.4 Å². The van der Waals surface area contributed by atoms with Gasteiger partial charge in [-0.15, -0.1) is 0 Å². The molecule has 0 bridgehead atoms. The van der Waals surface area contributed by atoms with Gasteiger partial charge in [0.15, 0.2) is 0 Å². The molecule has 24 heavy (non-hydrogen) atoms. The molecule has 0 aromatic heterocycles. The summed E-state index contributed by atoms with van der Waals surface area (Å²) in [6, 6.07) is 7.04. The molecule has 0 aliphatic rings. The van der Waals surface area contributed by atoms with Gasteiger partial charge in [-0.25, -0.2) is 0 Å². The van der Waals surface area contributed by atoms with Gasteiger partial charge < -0.3 is 0 Å². The summed E-state index contributed by atoms with van der Waals surface area (Å²) in [6.07, 6.45) is 14.3. The molecular formula is C19H33NaO3S. The number of aryl methyl sites for hydroxylation is 1. The molecule has 1 rings (SSSR count). The molecule has 3 nitrogen and oxygen atoms in total. The standard InChI is InChI=1S/C19H32O3S.Na.H/c1-3-4-5-6-7-8-9-10-11-12-13-18-14-16-19(17-15-18)23(20,21)22-2;;/h14-17H,3-13H2,1-2H3;;. The summed E-state index contributed by atoms with van der Waals surface area (Å²) in [5.41, 5.74) is 1.19. The van der Waals surface area contributed by atoms with E-state index in [-0.39, 0.29) is 34.5 Å². The summed E-state index contributed by atoms with van der Waals surface area (Å²) in [6.45, 7) is 2.25. The van der Waals surface area contributed by atoms with E-state index >= 15 is 0 Å². The summed E-state index contributed by atoms with van der Waals surface area (Å²) in [4.78, 5) is 0.229. The van der Waals surface area contributed by atoms with Gasteiger partial charge in [-0.3, -0.25) is 4.18 Å². The molecule has 0 heterocycles. The average molecular weight is 365 g/mol. The Labute approximate surface area is 171 Å². The number of hydrogen-bond donors (Lipinski definition) is 0. The molecule has 134 valence electrons. The van der Waals surface area contributed by atoms with E-state index in [1.165, 1.54) is 76.9 Å². The molecule has 0 fully saturated rings. The van der Waals surface area contributed by atoms with Crippen LogP contribution in [0.25, 0.3) is 0 Å². The minimum atomic E-state index is -3.56.